The van der Waals surface area contributed by atoms with Gasteiger partial charge in [-0.3, -0.25) is 4.79 Å². The molecule has 19 heteroatoms. The Morgan fingerprint density at radius 3 is 1.76 bits per heavy atom. The zero-order chi connectivity index (χ0) is 49.0. The number of ether oxygens (including phenoxy) is 6. The van der Waals surface area contributed by atoms with Gasteiger partial charge in [-0.2, -0.15) is 0 Å². The third-order valence-corrected chi connectivity index (χ3v) is 19.5. The first kappa shape index (κ1) is 51.9. The number of carbonyl (C=O) groups excluding carboxylic acids is 1. The molecule has 384 valence electrons. The summed E-state index contributed by atoms with van der Waals surface area (Å²) in [7, 11) is 0. The van der Waals surface area contributed by atoms with Crippen molar-refractivity contribution in [1.29, 1.82) is 0 Å². The molecule has 67 heavy (non-hydrogen) atoms. The van der Waals surface area contributed by atoms with E-state index < -0.39 is 135 Å². The molecular formula is C48H78O19. The molecule has 0 aromatic heterocycles. The molecule has 0 aromatic rings. The van der Waals surface area contributed by atoms with E-state index in [-0.39, 0.29) is 46.0 Å². The summed E-state index contributed by atoms with van der Waals surface area (Å²) in [5.74, 6) is -0.601. The number of carbonyl (C=O) groups is 1. The lowest BCUT2D eigenvalue weighted by molar-refractivity contribution is -0.370. The number of aliphatic hydroxyl groups is 12. The summed E-state index contributed by atoms with van der Waals surface area (Å²) in [6, 6.07) is 0. The Balaban J connectivity index is 1.04. The topological polar surface area (TPSA) is 315 Å². The maximum atomic E-state index is 14.7. The zero-order valence-corrected chi connectivity index (χ0v) is 39.7. The second-order valence-electron chi connectivity index (χ2n) is 23.3. The molecule has 19 nitrogen and oxygen atoms in total. The predicted octanol–water partition coefficient (Wildman–Crippen LogP) is -0.887. The van der Waals surface area contributed by atoms with E-state index in [1.807, 2.05) is 6.92 Å². The summed E-state index contributed by atoms with van der Waals surface area (Å²) in [5.41, 5.74) is -1.49. The average Bonchev–Trinajstić information content (AvgIpc) is 3.29. The molecular weight excluding hydrogens is 881 g/mol. The van der Waals surface area contributed by atoms with Crippen LogP contribution in [0, 0.1) is 50.2 Å². The van der Waals surface area contributed by atoms with Crippen molar-refractivity contribution in [2.45, 2.75) is 204 Å². The molecule has 0 aromatic carbocycles. The molecule has 24 atom stereocenters. The van der Waals surface area contributed by atoms with Gasteiger partial charge in [-0.15, -0.1) is 0 Å². The molecule has 0 bridgehead atoms. The number of allylic oxidation sites excluding steroid dienone is 2. The Morgan fingerprint density at radius 1 is 0.612 bits per heavy atom. The minimum Gasteiger partial charge on any atom is -0.432 e. The van der Waals surface area contributed by atoms with Crippen molar-refractivity contribution in [1.82, 2.24) is 0 Å². The van der Waals surface area contributed by atoms with Crippen LogP contribution in [0.2, 0.25) is 0 Å². The third-order valence-electron chi connectivity index (χ3n) is 19.5. The van der Waals surface area contributed by atoms with Crippen molar-refractivity contribution in [3.05, 3.63) is 11.6 Å². The van der Waals surface area contributed by atoms with Gasteiger partial charge in [0.15, 0.2) is 12.6 Å². The molecule has 8 aliphatic rings. The van der Waals surface area contributed by atoms with E-state index in [2.05, 4.69) is 40.7 Å². The van der Waals surface area contributed by atoms with Gasteiger partial charge in [-0.05, 0) is 104 Å². The summed E-state index contributed by atoms with van der Waals surface area (Å²) < 4.78 is 35.6. The fourth-order valence-electron chi connectivity index (χ4n) is 15.1. The molecule has 0 unspecified atom stereocenters. The van der Waals surface area contributed by atoms with Crippen molar-refractivity contribution in [3.8, 4) is 0 Å². The number of hydrogen-bond donors (Lipinski definition) is 12. The normalized spacial score (nSPS) is 54.1. The molecule has 5 aliphatic carbocycles. The van der Waals surface area contributed by atoms with Gasteiger partial charge >= 0.3 is 5.97 Å². The Hall–Kier alpha value is -1.47. The van der Waals surface area contributed by atoms with Crippen molar-refractivity contribution in [2.24, 2.45) is 50.2 Å². The number of aliphatic hydroxyl groups excluding tert-OH is 12. The van der Waals surface area contributed by atoms with E-state index in [9.17, 15) is 66.1 Å². The molecule has 8 rings (SSSR count). The van der Waals surface area contributed by atoms with Crippen molar-refractivity contribution in [2.75, 3.05) is 26.4 Å². The summed E-state index contributed by atoms with van der Waals surface area (Å²) in [6.07, 6.45) is -15.3. The lowest BCUT2D eigenvalue weighted by Gasteiger charge is -2.71. The van der Waals surface area contributed by atoms with Gasteiger partial charge in [-0.1, -0.05) is 53.2 Å². The van der Waals surface area contributed by atoms with E-state index in [4.69, 9.17) is 28.4 Å². The van der Waals surface area contributed by atoms with Crippen LogP contribution < -0.4 is 0 Å². The summed E-state index contributed by atoms with van der Waals surface area (Å²) in [6.45, 7) is 11.2. The van der Waals surface area contributed by atoms with Gasteiger partial charge in [0.05, 0.1) is 37.9 Å². The highest BCUT2D eigenvalue weighted by Gasteiger charge is 2.70. The Bertz CT molecular complexity index is 1810. The number of rotatable bonds is 10. The van der Waals surface area contributed by atoms with Crippen LogP contribution in [0.15, 0.2) is 11.6 Å². The second-order valence-corrected chi connectivity index (χ2v) is 23.3. The first-order valence-electron chi connectivity index (χ1n) is 24.5. The van der Waals surface area contributed by atoms with Crippen LogP contribution in [0.4, 0.5) is 0 Å². The highest BCUT2D eigenvalue weighted by atomic mass is 16.7. The Morgan fingerprint density at radius 2 is 1.16 bits per heavy atom. The quantitative estimate of drug-likeness (QED) is 0.0718. The molecule has 12 N–H and O–H groups in total. The van der Waals surface area contributed by atoms with Crippen LogP contribution in [0.1, 0.15) is 106 Å². The number of fused-ring (bicyclic) bond motifs is 7. The van der Waals surface area contributed by atoms with Crippen molar-refractivity contribution >= 4 is 5.97 Å². The van der Waals surface area contributed by atoms with Gasteiger partial charge in [-0.25, -0.2) is 0 Å². The maximum absolute atomic E-state index is 14.7. The Labute approximate surface area is 392 Å². The van der Waals surface area contributed by atoms with Gasteiger partial charge in [0, 0.05) is 5.41 Å². The Kier molecular flexibility index (Phi) is 14.4. The summed E-state index contributed by atoms with van der Waals surface area (Å²) in [5, 5.41) is 127. The number of hydrogen-bond acceptors (Lipinski definition) is 19. The highest BCUT2D eigenvalue weighted by Crippen LogP contribution is 2.76. The lowest BCUT2D eigenvalue weighted by Crippen LogP contribution is -2.67. The van der Waals surface area contributed by atoms with Crippen LogP contribution in [-0.4, -0.2) is 192 Å². The fraction of sp³-hybridized carbons (Fsp3) is 0.938. The van der Waals surface area contributed by atoms with Gasteiger partial charge < -0.3 is 89.7 Å². The standard InChI is InChI=1S/C48H78O19/c1-43(2)13-15-48(42(61)67-40-36(59)34(57)31(54)25(19-50)63-40)16-14-46(5)22(23(48)17-43)7-8-28-44(3)11-10-29(45(4,21-52)27(44)9-12-47(28,46)6)65-41-37(60)38(32(55)26(20-51)64-41)66-39-35(58)33(56)30(53)24(18-49)62-39/h7,23-41,49-60H,8-21H2,1-6H3/t23-,24-,25-,26-,27-,28-,29-,30-,31-,32+,33+,34+,35-,36-,37-,38+,39+,40+,41+,44+,45+,46-,47-,48-/m1/s1. The molecule has 3 saturated heterocycles. The molecule has 0 spiro atoms. The molecule has 4 saturated carbocycles. The van der Waals surface area contributed by atoms with E-state index in [1.165, 1.54) is 5.57 Å². The van der Waals surface area contributed by atoms with E-state index >= 15 is 0 Å². The molecule has 0 amide bonds. The first-order chi connectivity index (χ1) is 31.4. The number of esters is 1. The molecule has 0 radical (unpaired) electrons. The van der Waals surface area contributed by atoms with Crippen LogP contribution in [0.3, 0.4) is 0 Å². The minimum absolute atomic E-state index is 0.0636. The predicted molar refractivity (Wildman–Crippen MR) is 232 cm³/mol. The molecule has 3 aliphatic heterocycles. The van der Waals surface area contributed by atoms with E-state index in [1.54, 1.807) is 0 Å². The highest BCUT2D eigenvalue weighted by molar-refractivity contribution is 5.79. The monoisotopic (exact) mass is 959 g/mol. The third kappa shape index (κ3) is 8.10. The maximum Gasteiger partial charge on any atom is 0.315 e. The SMILES string of the molecule is CC1(C)CC[C@@]2(C(=O)O[C@@H]3O[C@H](CO)[C@@H](O)[C@H](O)[C@H]3O)CC[C@]3(C)C(=CC[C@@H]4[C@@]5(C)CC[C@@H](O[C@@H]6O[C@H](CO)[C@H](O)[C@H](O[C@@H]7O[C@H](CO)[C@@H](O)[C@H](O)[C@H]7O)[C@H]6O)[C@@](C)(CO)[C@@H]5CC[C@]43C)[C@H]2C1. The van der Waals surface area contributed by atoms with Gasteiger partial charge in [0.1, 0.15) is 73.2 Å². The summed E-state index contributed by atoms with van der Waals surface area (Å²) in [4.78, 5) is 14.7. The first-order valence-corrected chi connectivity index (χ1v) is 24.5. The largest absolute Gasteiger partial charge is 0.432 e. The minimum atomic E-state index is -1.82. The van der Waals surface area contributed by atoms with E-state index in [0.29, 0.717) is 32.1 Å². The fourth-order valence-corrected chi connectivity index (χ4v) is 15.1. The van der Waals surface area contributed by atoms with Gasteiger partial charge in [0.2, 0.25) is 6.29 Å². The smallest absolute Gasteiger partial charge is 0.315 e. The van der Waals surface area contributed by atoms with Crippen molar-refractivity contribution in [3.63, 3.8) is 0 Å². The zero-order valence-electron chi connectivity index (χ0n) is 39.7. The van der Waals surface area contributed by atoms with Crippen LogP contribution in [-0.2, 0) is 33.2 Å². The van der Waals surface area contributed by atoms with E-state index in [0.717, 1.165) is 32.1 Å². The molecule has 7 fully saturated rings. The van der Waals surface area contributed by atoms with Crippen LogP contribution >= 0.6 is 0 Å². The summed E-state index contributed by atoms with van der Waals surface area (Å²) >= 11 is 0. The van der Waals surface area contributed by atoms with Gasteiger partial charge in [0.25, 0.3) is 0 Å². The average molecular weight is 959 g/mol. The lowest BCUT2D eigenvalue weighted by atomic mass is 9.33. The second kappa shape index (κ2) is 18.5. The van der Waals surface area contributed by atoms with Crippen LogP contribution in [0.25, 0.3) is 0 Å². The molecule has 3 heterocycles. The van der Waals surface area contributed by atoms with Crippen LogP contribution in [0.5, 0.6) is 0 Å². The van der Waals surface area contributed by atoms with Crippen molar-refractivity contribution < 1.29 is 94.5 Å².